The van der Waals surface area contributed by atoms with Gasteiger partial charge in [-0.2, -0.15) is 0 Å². The predicted octanol–water partition coefficient (Wildman–Crippen LogP) is 3.49. The number of morpholine rings is 1. The fourth-order valence-corrected chi connectivity index (χ4v) is 3.47. The highest BCUT2D eigenvalue weighted by Crippen LogP contribution is 2.40. The molecular weight excluding hydrogens is 448 g/mol. The van der Waals surface area contributed by atoms with Gasteiger partial charge in [0.15, 0.2) is 11.5 Å². The zero-order chi connectivity index (χ0) is 22.5. The molecule has 0 atom stereocenters. The molecule has 1 fully saturated rings. The third-order valence-corrected chi connectivity index (χ3v) is 5.39. The summed E-state index contributed by atoms with van der Waals surface area (Å²) in [6.45, 7) is 2.49. The summed E-state index contributed by atoms with van der Waals surface area (Å²) in [7, 11) is 2.83. The van der Waals surface area contributed by atoms with Crippen molar-refractivity contribution in [2.75, 3.05) is 40.5 Å². The third kappa shape index (κ3) is 5.04. The van der Waals surface area contributed by atoms with Crippen molar-refractivity contribution in [2.45, 2.75) is 0 Å². The lowest BCUT2D eigenvalue weighted by Crippen LogP contribution is -2.40. The van der Waals surface area contributed by atoms with Gasteiger partial charge in [-0.25, -0.2) is 4.79 Å². The molecule has 2 aromatic carbocycles. The Morgan fingerprint density at radius 2 is 1.74 bits per heavy atom. The zero-order valence-electron chi connectivity index (χ0n) is 16.8. The molecule has 0 radical (unpaired) electrons. The standard InChI is InChI=1S/C20H19ClN2O7S/c1-27-16-10-13(19(31)22-5-7-29-8-6-22)11-17(28-2)18(16)30-20(24)12-3-4-14(21)15(9-12)23(25)26/h3-4,9-11H,5-8H2,1-2H3. The number of carbonyl (C=O) groups is 1. The van der Waals surface area contributed by atoms with Crippen molar-refractivity contribution in [3.8, 4) is 17.2 Å². The molecule has 31 heavy (non-hydrogen) atoms. The van der Waals surface area contributed by atoms with Gasteiger partial charge in [0, 0.05) is 24.7 Å². The van der Waals surface area contributed by atoms with Crippen LogP contribution in [0.3, 0.4) is 0 Å². The van der Waals surface area contributed by atoms with E-state index in [0.717, 1.165) is 6.07 Å². The number of nitrogens with zero attached hydrogens (tertiary/aromatic N) is 2. The number of nitro benzene ring substituents is 1. The molecule has 1 aliphatic heterocycles. The molecule has 1 aliphatic rings. The number of halogens is 1. The van der Waals surface area contributed by atoms with Crippen LogP contribution in [0.25, 0.3) is 0 Å². The maximum atomic E-state index is 12.7. The smallest absolute Gasteiger partial charge is 0.344 e. The number of methoxy groups -OCH3 is 2. The van der Waals surface area contributed by atoms with Crippen LogP contribution >= 0.6 is 23.8 Å². The third-order valence-electron chi connectivity index (χ3n) is 4.58. The van der Waals surface area contributed by atoms with Crippen LogP contribution in [0.5, 0.6) is 17.2 Å². The van der Waals surface area contributed by atoms with Gasteiger partial charge in [-0.1, -0.05) is 23.8 Å². The van der Waals surface area contributed by atoms with Crippen molar-refractivity contribution in [2.24, 2.45) is 0 Å². The number of rotatable bonds is 6. The van der Waals surface area contributed by atoms with E-state index in [2.05, 4.69) is 0 Å². The van der Waals surface area contributed by atoms with Crippen LogP contribution in [0, 0.1) is 10.1 Å². The number of esters is 1. The minimum Gasteiger partial charge on any atom is -0.493 e. The van der Waals surface area contributed by atoms with E-state index in [1.165, 1.54) is 26.4 Å². The molecule has 1 saturated heterocycles. The quantitative estimate of drug-likeness (QED) is 0.208. The molecule has 11 heteroatoms. The lowest BCUT2D eigenvalue weighted by Gasteiger charge is -2.29. The first kappa shape index (κ1) is 22.7. The Balaban J connectivity index is 1.92. The van der Waals surface area contributed by atoms with Crippen molar-refractivity contribution in [3.63, 3.8) is 0 Å². The highest BCUT2D eigenvalue weighted by atomic mass is 35.5. The number of carbonyl (C=O) groups excluding carboxylic acids is 1. The zero-order valence-corrected chi connectivity index (χ0v) is 18.3. The Bertz CT molecular complexity index is 1000. The Labute approximate surface area is 188 Å². The SMILES string of the molecule is COc1cc(C(=S)N2CCOCC2)cc(OC)c1OC(=O)c1ccc(Cl)c([N+](=O)[O-])c1. The van der Waals surface area contributed by atoms with Gasteiger partial charge in [-0.3, -0.25) is 10.1 Å². The van der Waals surface area contributed by atoms with Crippen LogP contribution in [0.4, 0.5) is 5.69 Å². The second-order valence-corrected chi connectivity index (χ2v) is 7.22. The molecule has 0 aromatic heterocycles. The number of hydrogen-bond donors (Lipinski definition) is 0. The van der Waals surface area contributed by atoms with Crippen LogP contribution in [-0.2, 0) is 4.74 Å². The summed E-state index contributed by atoms with van der Waals surface area (Å²) in [6, 6.07) is 6.93. The Kier molecular flexibility index (Phi) is 7.26. The highest BCUT2D eigenvalue weighted by molar-refractivity contribution is 7.80. The van der Waals surface area contributed by atoms with Crippen LogP contribution < -0.4 is 14.2 Å². The van der Waals surface area contributed by atoms with E-state index in [1.807, 2.05) is 4.90 Å². The molecule has 3 rings (SSSR count). The molecule has 0 bridgehead atoms. The monoisotopic (exact) mass is 466 g/mol. The van der Waals surface area contributed by atoms with E-state index in [9.17, 15) is 14.9 Å². The lowest BCUT2D eigenvalue weighted by molar-refractivity contribution is -0.384. The van der Waals surface area contributed by atoms with Crippen LogP contribution in [0.1, 0.15) is 15.9 Å². The Hall–Kier alpha value is -2.95. The van der Waals surface area contributed by atoms with Crippen molar-refractivity contribution in [1.82, 2.24) is 4.90 Å². The normalized spacial score (nSPS) is 13.5. The van der Waals surface area contributed by atoms with E-state index in [-0.39, 0.29) is 27.8 Å². The van der Waals surface area contributed by atoms with Gasteiger partial charge in [0.2, 0.25) is 5.75 Å². The maximum Gasteiger partial charge on any atom is 0.344 e. The molecule has 9 nitrogen and oxygen atoms in total. The largest absolute Gasteiger partial charge is 0.493 e. The number of thiocarbonyl (C=S) groups is 1. The first-order valence-electron chi connectivity index (χ1n) is 9.15. The van der Waals surface area contributed by atoms with E-state index in [4.69, 9.17) is 42.8 Å². The number of ether oxygens (including phenoxy) is 4. The highest BCUT2D eigenvalue weighted by Gasteiger charge is 2.24. The van der Waals surface area contributed by atoms with Gasteiger partial charge < -0.3 is 23.8 Å². The number of hydrogen-bond acceptors (Lipinski definition) is 8. The fourth-order valence-electron chi connectivity index (χ4n) is 2.98. The number of nitro groups is 1. The molecule has 2 aromatic rings. The second kappa shape index (κ2) is 9.90. The van der Waals surface area contributed by atoms with Crippen molar-refractivity contribution in [3.05, 3.63) is 56.6 Å². The van der Waals surface area contributed by atoms with Crippen LogP contribution in [0.2, 0.25) is 5.02 Å². The average Bonchev–Trinajstić information content (AvgIpc) is 2.79. The van der Waals surface area contributed by atoms with E-state index in [1.54, 1.807) is 12.1 Å². The molecular formula is C20H19ClN2O7S. The minimum absolute atomic E-state index is 0.0288. The summed E-state index contributed by atoms with van der Waals surface area (Å²) in [5.41, 5.74) is 0.210. The summed E-state index contributed by atoms with van der Waals surface area (Å²) >= 11 is 11.4. The first-order chi connectivity index (χ1) is 14.8. The Morgan fingerprint density at radius 3 is 2.29 bits per heavy atom. The van der Waals surface area contributed by atoms with E-state index in [0.29, 0.717) is 36.9 Å². The van der Waals surface area contributed by atoms with Gasteiger partial charge in [-0.05, 0) is 24.3 Å². The second-order valence-electron chi connectivity index (χ2n) is 6.43. The van der Waals surface area contributed by atoms with Gasteiger partial charge >= 0.3 is 5.97 Å². The van der Waals surface area contributed by atoms with Gasteiger partial charge in [0.25, 0.3) is 5.69 Å². The molecule has 0 N–H and O–H groups in total. The fraction of sp³-hybridized carbons (Fsp3) is 0.300. The average molecular weight is 467 g/mol. The minimum atomic E-state index is -0.833. The van der Waals surface area contributed by atoms with Crippen molar-refractivity contribution < 1.29 is 28.7 Å². The summed E-state index contributed by atoms with van der Waals surface area (Å²) in [5, 5.41) is 11.0. The molecule has 0 spiro atoms. The molecule has 1 heterocycles. The molecule has 0 aliphatic carbocycles. The summed E-state index contributed by atoms with van der Waals surface area (Å²) in [4.78, 5) is 25.7. The Morgan fingerprint density at radius 1 is 1.13 bits per heavy atom. The summed E-state index contributed by atoms with van der Waals surface area (Å²) < 4.78 is 21.6. The maximum absolute atomic E-state index is 12.7. The van der Waals surface area contributed by atoms with Crippen molar-refractivity contribution in [1.29, 1.82) is 0 Å². The predicted molar refractivity (Wildman–Crippen MR) is 117 cm³/mol. The van der Waals surface area contributed by atoms with E-state index >= 15 is 0 Å². The number of benzene rings is 2. The topological polar surface area (TPSA) is 100 Å². The summed E-state index contributed by atoms with van der Waals surface area (Å²) in [6.07, 6.45) is 0. The van der Waals surface area contributed by atoms with Crippen LogP contribution in [0.15, 0.2) is 30.3 Å². The molecule has 0 saturated carbocycles. The van der Waals surface area contributed by atoms with Gasteiger partial charge in [-0.15, -0.1) is 0 Å². The summed E-state index contributed by atoms with van der Waals surface area (Å²) in [5.74, 6) is -0.357. The van der Waals surface area contributed by atoms with Crippen LogP contribution in [-0.4, -0.2) is 61.3 Å². The molecule has 0 amide bonds. The van der Waals surface area contributed by atoms with Crippen molar-refractivity contribution >= 4 is 40.5 Å². The first-order valence-corrected chi connectivity index (χ1v) is 9.93. The molecule has 164 valence electrons. The van der Waals surface area contributed by atoms with Gasteiger partial charge in [0.05, 0.1) is 37.9 Å². The van der Waals surface area contributed by atoms with E-state index < -0.39 is 16.6 Å². The molecule has 0 unspecified atom stereocenters. The lowest BCUT2D eigenvalue weighted by atomic mass is 10.1. The van der Waals surface area contributed by atoms with Gasteiger partial charge in [0.1, 0.15) is 10.0 Å².